The molecule has 0 bridgehead atoms. The van der Waals surface area contributed by atoms with E-state index >= 15 is 0 Å². The molecule has 0 unspecified atom stereocenters. The number of anilines is 2. The van der Waals surface area contributed by atoms with E-state index in [-0.39, 0.29) is 23.8 Å². The van der Waals surface area contributed by atoms with Crippen molar-refractivity contribution >= 4 is 23.3 Å². The number of amides is 1. The van der Waals surface area contributed by atoms with Gasteiger partial charge in [-0.05, 0) is 24.3 Å². The van der Waals surface area contributed by atoms with Crippen LogP contribution in [0.2, 0.25) is 0 Å². The number of hydrogen-bond acceptors (Lipinski definition) is 5. The van der Waals surface area contributed by atoms with Crippen LogP contribution in [0.25, 0.3) is 0 Å². The summed E-state index contributed by atoms with van der Waals surface area (Å²) in [6, 6.07) is 9.37. The standard InChI is InChI=1S/C18H19FN4O3/c19-14-3-1-2-4-15(14)21-17(24)12-22-7-9-23(10-8-22)13-5-6-20-16(11-13)18(25)26/h1-6,11H,7-10,12H2,(H,21,24)(H,25,26). The number of benzene rings is 1. The van der Waals surface area contributed by atoms with Gasteiger partial charge in [-0.15, -0.1) is 0 Å². The Morgan fingerprint density at radius 2 is 1.88 bits per heavy atom. The molecule has 2 N–H and O–H groups in total. The Morgan fingerprint density at radius 1 is 1.15 bits per heavy atom. The third-order valence-corrected chi connectivity index (χ3v) is 4.22. The van der Waals surface area contributed by atoms with Gasteiger partial charge in [-0.1, -0.05) is 12.1 Å². The number of para-hydroxylation sites is 1. The Kier molecular flexibility index (Phi) is 5.43. The quantitative estimate of drug-likeness (QED) is 0.846. The fourth-order valence-corrected chi connectivity index (χ4v) is 2.85. The minimum atomic E-state index is -1.06. The molecule has 2 aromatic rings. The topological polar surface area (TPSA) is 85.8 Å². The summed E-state index contributed by atoms with van der Waals surface area (Å²) in [4.78, 5) is 31.0. The number of nitrogens with one attached hydrogen (secondary N) is 1. The average Bonchev–Trinajstić information content (AvgIpc) is 2.64. The summed E-state index contributed by atoms with van der Waals surface area (Å²) >= 11 is 0. The molecule has 2 heterocycles. The lowest BCUT2D eigenvalue weighted by atomic mass is 10.2. The highest BCUT2D eigenvalue weighted by Gasteiger charge is 2.20. The van der Waals surface area contributed by atoms with E-state index in [4.69, 9.17) is 5.11 Å². The molecule has 1 aliphatic rings. The molecular weight excluding hydrogens is 339 g/mol. The number of carbonyl (C=O) groups excluding carboxylic acids is 1. The van der Waals surface area contributed by atoms with E-state index in [9.17, 15) is 14.0 Å². The van der Waals surface area contributed by atoms with E-state index in [2.05, 4.69) is 15.2 Å². The highest BCUT2D eigenvalue weighted by Crippen LogP contribution is 2.17. The van der Waals surface area contributed by atoms with E-state index in [0.717, 1.165) is 5.69 Å². The zero-order chi connectivity index (χ0) is 18.5. The molecule has 1 aromatic heterocycles. The number of aromatic carboxylic acids is 1. The number of pyridine rings is 1. The van der Waals surface area contributed by atoms with Crippen LogP contribution in [0.4, 0.5) is 15.8 Å². The van der Waals surface area contributed by atoms with Gasteiger partial charge in [-0.3, -0.25) is 9.69 Å². The lowest BCUT2D eigenvalue weighted by Gasteiger charge is -2.35. The number of carboxylic acid groups (broad SMARTS) is 1. The first-order valence-corrected chi connectivity index (χ1v) is 8.24. The van der Waals surface area contributed by atoms with Crippen molar-refractivity contribution in [3.63, 3.8) is 0 Å². The number of halogens is 1. The third kappa shape index (κ3) is 4.34. The molecule has 0 radical (unpaired) electrons. The van der Waals surface area contributed by atoms with E-state index in [1.54, 1.807) is 24.3 Å². The molecule has 1 fully saturated rings. The normalized spacial score (nSPS) is 14.9. The Morgan fingerprint density at radius 3 is 2.58 bits per heavy atom. The van der Waals surface area contributed by atoms with Crippen LogP contribution < -0.4 is 10.2 Å². The van der Waals surface area contributed by atoms with Gasteiger partial charge >= 0.3 is 5.97 Å². The maximum absolute atomic E-state index is 13.6. The molecule has 1 amide bonds. The monoisotopic (exact) mass is 358 g/mol. The van der Waals surface area contributed by atoms with E-state index in [0.29, 0.717) is 26.2 Å². The SMILES string of the molecule is O=C(CN1CCN(c2ccnc(C(=O)O)c2)CC1)Nc1ccccc1F. The van der Waals surface area contributed by atoms with Crippen LogP contribution in [0.3, 0.4) is 0 Å². The fourth-order valence-electron chi connectivity index (χ4n) is 2.85. The summed E-state index contributed by atoms with van der Waals surface area (Å²) in [6.45, 7) is 2.80. The predicted octanol–water partition coefficient (Wildman–Crippen LogP) is 1.68. The Balaban J connectivity index is 1.52. The summed E-state index contributed by atoms with van der Waals surface area (Å²) in [7, 11) is 0. The van der Waals surface area contributed by atoms with Crippen molar-refractivity contribution in [3.8, 4) is 0 Å². The van der Waals surface area contributed by atoms with E-state index in [1.165, 1.54) is 18.3 Å². The van der Waals surface area contributed by atoms with Crippen molar-refractivity contribution in [2.45, 2.75) is 0 Å². The Bertz CT molecular complexity index is 807. The molecule has 8 heteroatoms. The molecule has 26 heavy (non-hydrogen) atoms. The second kappa shape index (κ2) is 7.92. The van der Waals surface area contributed by atoms with Crippen molar-refractivity contribution in [3.05, 3.63) is 54.1 Å². The summed E-state index contributed by atoms with van der Waals surface area (Å²) < 4.78 is 13.6. The average molecular weight is 358 g/mol. The van der Waals surface area contributed by atoms with Crippen molar-refractivity contribution in [1.82, 2.24) is 9.88 Å². The largest absolute Gasteiger partial charge is 0.477 e. The first-order valence-electron chi connectivity index (χ1n) is 8.24. The van der Waals surface area contributed by atoms with Gasteiger partial charge < -0.3 is 15.3 Å². The Labute approximate surface area is 150 Å². The van der Waals surface area contributed by atoms with Gasteiger partial charge in [0, 0.05) is 38.1 Å². The number of aromatic nitrogens is 1. The van der Waals surface area contributed by atoms with E-state index < -0.39 is 11.8 Å². The lowest BCUT2D eigenvalue weighted by molar-refractivity contribution is -0.117. The summed E-state index contributed by atoms with van der Waals surface area (Å²) in [5.74, 6) is -1.78. The molecular formula is C18H19FN4O3. The van der Waals surface area contributed by atoms with Gasteiger partial charge in [0.05, 0.1) is 12.2 Å². The van der Waals surface area contributed by atoms with Crippen LogP contribution in [0.1, 0.15) is 10.5 Å². The summed E-state index contributed by atoms with van der Waals surface area (Å²) in [6.07, 6.45) is 1.48. The van der Waals surface area contributed by atoms with Crippen LogP contribution in [0.5, 0.6) is 0 Å². The van der Waals surface area contributed by atoms with Crippen molar-refractivity contribution in [1.29, 1.82) is 0 Å². The molecule has 1 saturated heterocycles. The number of rotatable bonds is 5. The van der Waals surface area contributed by atoms with Crippen molar-refractivity contribution in [2.75, 3.05) is 42.9 Å². The highest BCUT2D eigenvalue weighted by atomic mass is 19.1. The first-order chi connectivity index (χ1) is 12.5. The number of carboxylic acids is 1. The molecule has 0 saturated carbocycles. The predicted molar refractivity (Wildman–Crippen MR) is 94.9 cm³/mol. The summed E-state index contributed by atoms with van der Waals surface area (Å²) in [5, 5.41) is 11.6. The third-order valence-electron chi connectivity index (χ3n) is 4.22. The van der Waals surface area contributed by atoms with Gasteiger partial charge in [0.1, 0.15) is 11.5 Å². The molecule has 136 valence electrons. The molecule has 1 aliphatic heterocycles. The maximum Gasteiger partial charge on any atom is 0.354 e. The summed E-state index contributed by atoms with van der Waals surface area (Å²) in [5.41, 5.74) is 0.983. The zero-order valence-electron chi connectivity index (χ0n) is 14.1. The Hall–Kier alpha value is -3.00. The van der Waals surface area contributed by atoms with Gasteiger partial charge in [0.2, 0.25) is 5.91 Å². The van der Waals surface area contributed by atoms with Crippen LogP contribution in [-0.2, 0) is 4.79 Å². The number of carbonyl (C=O) groups is 2. The van der Waals surface area contributed by atoms with Crippen LogP contribution >= 0.6 is 0 Å². The maximum atomic E-state index is 13.6. The van der Waals surface area contributed by atoms with E-state index in [1.807, 2.05) is 4.90 Å². The minimum absolute atomic E-state index is 0.00851. The van der Waals surface area contributed by atoms with Crippen LogP contribution in [0.15, 0.2) is 42.6 Å². The molecule has 0 spiro atoms. The molecule has 7 nitrogen and oxygen atoms in total. The zero-order valence-corrected chi connectivity index (χ0v) is 14.1. The molecule has 0 atom stereocenters. The number of nitrogens with zero attached hydrogens (tertiary/aromatic N) is 3. The van der Waals surface area contributed by atoms with Gasteiger partial charge in [-0.25, -0.2) is 14.2 Å². The lowest BCUT2D eigenvalue weighted by Crippen LogP contribution is -2.48. The van der Waals surface area contributed by atoms with Crippen molar-refractivity contribution in [2.24, 2.45) is 0 Å². The highest BCUT2D eigenvalue weighted by molar-refractivity contribution is 5.92. The van der Waals surface area contributed by atoms with Crippen molar-refractivity contribution < 1.29 is 19.1 Å². The van der Waals surface area contributed by atoms with Crippen LogP contribution in [0, 0.1) is 5.82 Å². The second-order valence-corrected chi connectivity index (χ2v) is 6.00. The minimum Gasteiger partial charge on any atom is -0.477 e. The fraction of sp³-hybridized carbons (Fsp3) is 0.278. The molecule has 1 aromatic carbocycles. The van der Waals surface area contributed by atoms with Gasteiger partial charge in [-0.2, -0.15) is 0 Å². The molecule has 0 aliphatic carbocycles. The number of hydrogen-bond donors (Lipinski definition) is 2. The van der Waals surface area contributed by atoms with Gasteiger partial charge in [0.25, 0.3) is 0 Å². The second-order valence-electron chi connectivity index (χ2n) is 6.00. The van der Waals surface area contributed by atoms with Crippen LogP contribution in [-0.4, -0.2) is 59.6 Å². The molecule has 3 rings (SSSR count). The smallest absolute Gasteiger partial charge is 0.354 e. The first kappa shape index (κ1) is 17.8. The van der Waals surface area contributed by atoms with Gasteiger partial charge in [0.15, 0.2) is 0 Å². The number of piperazine rings is 1.